The molecule has 3 atom stereocenters. The van der Waals surface area contributed by atoms with Gasteiger partial charge in [-0.1, -0.05) is 13.8 Å². The quantitative estimate of drug-likeness (QED) is 0.688. The van der Waals surface area contributed by atoms with Crippen LogP contribution in [0.25, 0.3) is 0 Å². The van der Waals surface area contributed by atoms with Gasteiger partial charge in [0, 0.05) is 6.61 Å². The summed E-state index contributed by atoms with van der Waals surface area (Å²) in [5.74, 6) is 1.73. The van der Waals surface area contributed by atoms with Crippen molar-refractivity contribution >= 4 is 0 Å². The molecule has 2 N–H and O–H groups in total. The summed E-state index contributed by atoms with van der Waals surface area (Å²) in [6.07, 6.45) is 7.94. The second-order valence-electron chi connectivity index (χ2n) is 5.11. The molecule has 90 valence electrons. The minimum atomic E-state index is 0.536. The van der Waals surface area contributed by atoms with Crippen LogP contribution < -0.4 is 5.73 Å². The Morgan fingerprint density at radius 3 is 2.53 bits per heavy atom. The average molecular weight is 213 g/mol. The van der Waals surface area contributed by atoms with Crippen molar-refractivity contribution in [2.24, 2.45) is 17.6 Å². The van der Waals surface area contributed by atoms with E-state index < -0.39 is 0 Å². The molecule has 1 rings (SSSR count). The first-order valence-corrected chi connectivity index (χ1v) is 6.55. The Kier molecular flexibility index (Phi) is 6.26. The molecule has 15 heavy (non-hydrogen) atoms. The van der Waals surface area contributed by atoms with Crippen LogP contribution in [0.15, 0.2) is 0 Å². The first-order chi connectivity index (χ1) is 7.24. The molecule has 0 aromatic rings. The Hall–Kier alpha value is -0.0800. The maximum absolute atomic E-state index is 5.91. The Bertz CT molecular complexity index is 161. The topological polar surface area (TPSA) is 35.2 Å². The summed E-state index contributed by atoms with van der Waals surface area (Å²) in [6.45, 7) is 6.47. The maximum Gasteiger partial charge on any atom is 0.0577 e. The van der Waals surface area contributed by atoms with Crippen molar-refractivity contribution in [1.29, 1.82) is 0 Å². The predicted octanol–water partition coefficient (Wildman–Crippen LogP) is 2.96. The fourth-order valence-corrected chi connectivity index (χ4v) is 2.32. The SMILES string of the molecule is CC1CCC(OCCCCCN)CC1C. The van der Waals surface area contributed by atoms with E-state index in [1.165, 1.54) is 32.1 Å². The van der Waals surface area contributed by atoms with E-state index in [9.17, 15) is 0 Å². The molecular weight excluding hydrogens is 186 g/mol. The third-order valence-electron chi connectivity index (χ3n) is 3.75. The van der Waals surface area contributed by atoms with Gasteiger partial charge in [-0.3, -0.25) is 0 Å². The Labute approximate surface area is 94.6 Å². The molecule has 0 aliphatic heterocycles. The number of rotatable bonds is 6. The van der Waals surface area contributed by atoms with Crippen LogP contribution in [0.1, 0.15) is 52.4 Å². The molecule has 1 saturated carbocycles. The zero-order chi connectivity index (χ0) is 11.1. The fraction of sp³-hybridized carbons (Fsp3) is 1.00. The number of ether oxygens (including phenoxy) is 1. The summed E-state index contributed by atoms with van der Waals surface area (Å²) in [4.78, 5) is 0. The van der Waals surface area contributed by atoms with Gasteiger partial charge in [-0.15, -0.1) is 0 Å². The molecule has 1 aliphatic carbocycles. The van der Waals surface area contributed by atoms with Gasteiger partial charge in [0.15, 0.2) is 0 Å². The first kappa shape index (κ1) is 13.0. The second-order valence-corrected chi connectivity index (χ2v) is 5.11. The summed E-state index contributed by atoms with van der Waals surface area (Å²) in [5.41, 5.74) is 5.45. The van der Waals surface area contributed by atoms with Gasteiger partial charge in [-0.2, -0.15) is 0 Å². The molecule has 0 radical (unpaired) electrons. The molecule has 0 aromatic carbocycles. The zero-order valence-electron chi connectivity index (χ0n) is 10.4. The fourth-order valence-electron chi connectivity index (χ4n) is 2.32. The highest BCUT2D eigenvalue weighted by atomic mass is 16.5. The molecule has 3 unspecified atom stereocenters. The Morgan fingerprint density at radius 2 is 1.87 bits per heavy atom. The van der Waals surface area contributed by atoms with Crippen LogP contribution in [0.4, 0.5) is 0 Å². The lowest BCUT2D eigenvalue weighted by Gasteiger charge is -2.31. The van der Waals surface area contributed by atoms with Gasteiger partial charge in [0.2, 0.25) is 0 Å². The predicted molar refractivity (Wildman–Crippen MR) is 64.8 cm³/mol. The van der Waals surface area contributed by atoms with Crippen LogP contribution in [0.5, 0.6) is 0 Å². The largest absolute Gasteiger partial charge is 0.378 e. The molecule has 0 bridgehead atoms. The number of hydrogen-bond donors (Lipinski definition) is 1. The van der Waals surface area contributed by atoms with Crippen molar-refractivity contribution in [3.63, 3.8) is 0 Å². The van der Waals surface area contributed by atoms with E-state index in [-0.39, 0.29) is 0 Å². The third-order valence-corrected chi connectivity index (χ3v) is 3.75. The minimum absolute atomic E-state index is 0.536. The molecule has 1 aliphatic rings. The van der Waals surface area contributed by atoms with Crippen molar-refractivity contribution in [3.8, 4) is 0 Å². The van der Waals surface area contributed by atoms with E-state index in [1.54, 1.807) is 0 Å². The molecule has 0 saturated heterocycles. The monoisotopic (exact) mass is 213 g/mol. The molecule has 0 aromatic heterocycles. The van der Waals surface area contributed by atoms with Crippen molar-refractivity contribution in [2.75, 3.05) is 13.2 Å². The summed E-state index contributed by atoms with van der Waals surface area (Å²) in [5, 5.41) is 0. The molecule has 2 nitrogen and oxygen atoms in total. The summed E-state index contributed by atoms with van der Waals surface area (Å²) < 4.78 is 5.91. The van der Waals surface area contributed by atoms with Crippen molar-refractivity contribution in [2.45, 2.75) is 58.5 Å². The number of nitrogens with two attached hydrogens (primary N) is 1. The highest BCUT2D eigenvalue weighted by Crippen LogP contribution is 2.30. The van der Waals surface area contributed by atoms with Gasteiger partial charge < -0.3 is 10.5 Å². The lowest BCUT2D eigenvalue weighted by atomic mass is 9.80. The van der Waals surface area contributed by atoms with E-state index in [4.69, 9.17) is 10.5 Å². The van der Waals surface area contributed by atoms with Gasteiger partial charge in [-0.25, -0.2) is 0 Å². The second kappa shape index (κ2) is 7.24. The minimum Gasteiger partial charge on any atom is -0.378 e. The summed E-state index contributed by atoms with van der Waals surface area (Å²) in [7, 11) is 0. The van der Waals surface area contributed by atoms with Crippen LogP contribution in [-0.2, 0) is 4.74 Å². The van der Waals surface area contributed by atoms with Crippen molar-refractivity contribution < 1.29 is 4.74 Å². The van der Waals surface area contributed by atoms with Crippen LogP contribution >= 0.6 is 0 Å². The van der Waals surface area contributed by atoms with Crippen molar-refractivity contribution in [3.05, 3.63) is 0 Å². The van der Waals surface area contributed by atoms with Gasteiger partial charge in [0.05, 0.1) is 6.10 Å². The van der Waals surface area contributed by atoms with E-state index in [2.05, 4.69) is 13.8 Å². The lowest BCUT2D eigenvalue weighted by molar-refractivity contribution is 0.00108. The normalized spacial score (nSPS) is 31.8. The highest BCUT2D eigenvalue weighted by Gasteiger charge is 2.24. The van der Waals surface area contributed by atoms with E-state index in [0.717, 1.165) is 31.4 Å². The lowest BCUT2D eigenvalue weighted by Crippen LogP contribution is -2.27. The van der Waals surface area contributed by atoms with Gasteiger partial charge in [0.25, 0.3) is 0 Å². The summed E-state index contributed by atoms with van der Waals surface area (Å²) >= 11 is 0. The molecule has 0 amide bonds. The van der Waals surface area contributed by atoms with E-state index >= 15 is 0 Å². The van der Waals surface area contributed by atoms with Gasteiger partial charge >= 0.3 is 0 Å². The van der Waals surface area contributed by atoms with E-state index in [1.807, 2.05) is 0 Å². The third kappa shape index (κ3) is 4.98. The van der Waals surface area contributed by atoms with Crippen LogP contribution in [0.2, 0.25) is 0 Å². The molecule has 2 heteroatoms. The Morgan fingerprint density at radius 1 is 1.07 bits per heavy atom. The smallest absolute Gasteiger partial charge is 0.0577 e. The van der Waals surface area contributed by atoms with Gasteiger partial charge in [-0.05, 0) is 56.9 Å². The first-order valence-electron chi connectivity index (χ1n) is 6.55. The van der Waals surface area contributed by atoms with Crippen LogP contribution in [0.3, 0.4) is 0 Å². The molecule has 1 fully saturated rings. The molecule has 0 heterocycles. The standard InChI is InChI=1S/C13H27NO/c1-11-6-7-13(10-12(11)2)15-9-5-3-4-8-14/h11-13H,3-10,14H2,1-2H3. The number of unbranched alkanes of at least 4 members (excludes halogenated alkanes) is 2. The van der Waals surface area contributed by atoms with Gasteiger partial charge in [0.1, 0.15) is 0 Å². The highest BCUT2D eigenvalue weighted by molar-refractivity contribution is 4.75. The summed E-state index contributed by atoms with van der Waals surface area (Å²) in [6, 6.07) is 0. The Balaban J connectivity index is 2.02. The van der Waals surface area contributed by atoms with E-state index in [0.29, 0.717) is 6.10 Å². The van der Waals surface area contributed by atoms with Crippen molar-refractivity contribution in [1.82, 2.24) is 0 Å². The van der Waals surface area contributed by atoms with Crippen LogP contribution in [0, 0.1) is 11.8 Å². The maximum atomic E-state index is 5.91. The zero-order valence-corrected chi connectivity index (χ0v) is 10.4. The number of hydrogen-bond acceptors (Lipinski definition) is 2. The molecular formula is C13H27NO. The average Bonchev–Trinajstić information content (AvgIpc) is 2.23. The molecule has 0 spiro atoms. The van der Waals surface area contributed by atoms with Crippen LogP contribution in [-0.4, -0.2) is 19.3 Å².